The summed E-state index contributed by atoms with van der Waals surface area (Å²) in [5.41, 5.74) is 2.72. The van der Waals surface area contributed by atoms with Crippen molar-refractivity contribution < 1.29 is 19.4 Å². The predicted molar refractivity (Wildman–Crippen MR) is 81.2 cm³/mol. The summed E-state index contributed by atoms with van der Waals surface area (Å²) in [7, 11) is 1.57. The van der Waals surface area contributed by atoms with Crippen LogP contribution in [0.5, 0.6) is 5.75 Å². The minimum Gasteiger partial charge on any atom is -0.550 e. The minimum absolute atomic E-state index is 0.286. The van der Waals surface area contributed by atoms with E-state index in [1.54, 1.807) is 31.4 Å². The molecule has 1 aliphatic carbocycles. The van der Waals surface area contributed by atoms with Crippen molar-refractivity contribution in [1.82, 2.24) is 0 Å². The molecule has 0 heterocycles. The number of allylic oxidation sites excluding steroid dienone is 2. The number of hydrogen-bond donors (Lipinski definition) is 1. The summed E-state index contributed by atoms with van der Waals surface area (Å²) < 4.78 is 5.06. The van der Waals surface area contributed by atoms with Gasteiger partial charge in [-0.3, -0.25) is 4.79 Å². The molecule has 5 heteroatoms. The molecule has 0 saturated heterocycles. The van der Waals surface area contributed by atoms with Gasteiger partial charge in [-0.15, -0.1) is 0 Å². The molecule has 0 spiro atoms. The zero-order valence-corrected chi connectivity index (χ0v) is 13.0. The first kappa shape index (κ1) is 16.1. The number of rotatable bonds is 4. The molecule has 1 aromatic rings. The smallest absolute Gasteiger partial charge is 0.228 e. The monoisotopic (exact) mass is 302 g/mol. The van der Waals surface area contributed by atoms with Gasteiger partial charge in [0.1, 0.15) is 5.75 Å². The number of anilines is 1. The van der Waals surface area contributed by atoms with Crippen LogP contribution in [0.15, 0.2) is 35.4 Å². The molecular weight excluding hydrogens is 282 g/mol. The summed E-state index contributed by atoms with van der Waals surface area (Å²) in [6.45, 7) is 3.84. The third-order valence-electron chi connectivity index (χ3n) is 4.26. The van der Waals surface area contributed by atoms with Crippen LogP contribution >= 0.6 is 0 Å². The van der Waals surface area contributed by atoms with Gasteiger partial charge in [0.2, 0.25) is 5.91 Å². The maximum atomic E-state index is 12.4. The lowest BCUT2D eigenvalue weighted by Crippen LogP contribution is -2.42. The van der Waals surface area contributed by atoms with Crippen molar-refractivity contribution in [2.24, 2.45) is 11.8 Å². The van der Waals surface area contributed by atoms with E-state index in [1.165, 1.54) is 0 Å². The number of carbonyl (C=O) groups is 2. The van der Waals surface area contributed by atoms with Gasteiger partial charge in [0.15, 0.2) is 0 Å². The van der Waals surface area contributed by atoms with Crippen molar-refractivity contribution in [1.29, 1.82) is 0 Å². The van der Waals surface area contributed by atoms with Crippen LogP contribution in [0.4, 0.5) is 5.69 Å². The number of hydrogen-bond acceptors (Lipinski definition) is 4. The Morgan fingerprint density at radius 2 is 1.64 bits per heavy atom. The summed E-state index contributed by atoms with van der Waals surface area (Å²) in [4.78, 5) is 23.8. The van der Waals surface area contributed by atoms with Crippen LogP contribution in [0, 0.1) is 11.8 Å². The highest BCUT2D eigenvalue weighted by Gasteiger charge is 2.33. The molecule has 0 aromatic heterocycles. The number of carboxylic acid groups (broad SMARTS) is 1. The fourth-order valence-corrected chi connectivity index (χ4v) is 2.73. The second kappa shape index (κ2) is 6.64. The van der Waals surface area contributed by atoms with Crippen LogP contribution < -0.4 is 15.2 Å². The van der Waals surface area contributed by atoms with Crippen molar-refractivity contribution in [2.75, 3.05) is 12.4 Å². The summed E-state index contributed by atoms with van der Waals surface area (Å²) in [5.74, 6) is -2.14. The Balaban J connectivity index is 2.14. The Labute approximate surface area is 130 Å². The van der Waals surface area contributed by atoms with Crippen molar-refractivity contribution in [3.8, 4) is 5.75 Å². The highest BCUT2D eigenvalue weighted by Crippen LogP contribution is 2.34. The van der Waals surface area contributed by atoms with Crippen molar-refractivity contribution in [3.63, 3.8) is 0 Å². The van der Waals surface area contributed by atoms with Gasteiger partial charge in [0.25, 0.3) is 0 Å². The first-order chi connectivity index (χ1) is 10.4. The number of carboxylic acids is 1. The van der Waals surface area contributed by atoms with E-state index in [9.17, 15) is 14.7 Å². The summed E-state index contributed by atoms with van der Waals surface area (Å²) >= 11 is 0. The van der Waals surface area contributed by atoms with Gasteiger partial charge in [-0.2, -0.15) is 0 Å². The standard InChI is InChI=1S/C17H21NO4/c1-10-8-14(15(17(20)21)9-11(10)2)16(19)18-12-4-6-13(22-3)7-5-12/h4-7,14-15H,8-9H2,1-3H3,(H,18,19)(H,20,21)/p-1/t14-,15+/m0/s1. The summed E-state index contributed by atoms with van der Waals surface area (Å²) in [6.07, 6.45) is 0.821. The molecule has 2 rings (SSSR count). The molecule has 0 saturated carbocycles. The molecule has 1 amide bonds. The minimum atomic E-state index is -1.17. The second-order valence-electron chi connectivity index (χ2n) is 5.72. The average molecular weight is 302 g/mol. The van der Waals surface area contributed by atoms with Crippen LogP contribution in [-0.4, -0.2) is 19.0 Å². The van der Waals surface area contributed by atoms with E-state index in [-0.39, 0.29) is 5.91 Å². The fourth-order valence-electron chi connectivity index (χ4n) is 2.73. The topological polar surface area (TPSA) is 78.5 Å². The zero-order valence-electron chi connectivity index (χ0n) is 13.0. The van der Waals surface area contributed by atoms with Crippen molar-refractivity contribution in [3.05, 3.63) is 35.4 Å². The van der Waals surface area contributed by atoms with E-state index >= 15 is 0 Å². The van der Waals surface area contributed by atoms with Crippen molar-refractivity contribution >= 4 is 17.6 Å². The van der Waals surface area contributed by atoms with Crippen molar-refractivity contribution in [2.45, 2.75) is 26.7 Å². The second-order valence-corrected chi connectivity index (χ2v) is 5.72. The van der Waals surface area contributed by atoms with E-state index in [1.807, 2.05) is 13.8 Å². The first-order valence-electron chi connectivity index (χ1n) is 7.23. The summed E-state index contributed by atoms with van der Waals surface area (Å²) in [5, 5.41) is 14.1. The average Bonchev–Trinajstić information content (AvgIpc) is 2.50. The lowest BCUT2D eigenvalue weighted by atomic mass is 9.76. The molecular formula is C17H20NO4-. The molecule has 0 radical (unpaired) electrons. The number of nitrogens with one attached hydrogen (secondary N) is 1. The van der Waals surface area contributed by atoms with Gasteiger partial charge in [-0.25, -0.2) is 0 Å². The van der Waals surface area contributed by atoms with Crippen LogP contribution in [0.1, 0.15) is 26.7 Å². The number of benzene rings is 1. The maximum absolute atomic E-state index is 12.4. The SMILES string of the molecule is COc1ccc(NC(=O)[C@H]2CC(C)=C(C)C[C@H]2C(=O)[O-])cc1. The summed E-state index contributed by atoms with van der Waals surface area (Å²) in [6, 6.07) is 6.92. The molecule has 0 fully saturated rings. The van der Waals surface area contributed by atoms with Crippen LogP contribution in [0.2, 0.25) is 0 Å². The molecule has 1 N–H and O–H groups in total. The maximum Gasteiger partial charge on any atom is 0.228 e. The number of carbonyl (C=O) groups excluding carboxylic acids is 2. The van der Waals surface area contributed by atoms with E-state index < -0.39 is 17.8 Å². The van der Waals surface area contributed by atoms with E-state index in [0.717, 1.165) is 11.1 Å². The van der Waals surface area contributed by atoms with Crippen LogP contribution in [0.25, 0.3) is 0 Å². The third kappa shape index (κ3) is 3.47. The molecule has 118 valence electrons. The molecule has 22 heavy (non-hydrogen) atoms. The Morgan fingerprint density at radius 3 is 2.14 bits per heavy atom. The number of amides is 1. The van der Waals surface area contributed by atoms with Crippen LogP contribution in [-0.2, 0) is 9.59 Å². The number of aliphatic carboxylic acids is 1. The Kier molecular flexibility index (Phi) is 4.85. The van der Waals surface area contributed by atoms with Gasteiger partial charge in [0, 0.05) is 17.6 Å². The molecule has 0 aliphatic heterocycles. The van der Waals surface area contributed by atoms with E-state index in [4.69, 9.17) is 4.74 Å². The van der Waals surface area contributed by atoms with Crippen LogP contribution in [0.3, 0.4) is 0 Å². The molecule has 0 bridgehead atoms. The normalized spacial score (nSPS) is 21.4. The largest absolute Gasteiger partial charge is 0.550 e. The Bertz CT molecular complexity index is 604. The molecule has 0 unspecified atom stereocenters. The predicted octanol–water partition coefficient (Wildman–Crippen LogP) is 1.75. The van der Waals surface area contributed by atoms with Gasteiger partial charge in [-0.05, 0) is 51.0 Å². The lowest BCUT2D eigenvalue weighted by molar-refractivity contribution is -0.313. The molecule has 2 atom stereocenters. The number of methoxy groups -OCH3 is 1. The lowest BCUT2D eigenvalue weighted by Gasteiger charge is -2.32. The van der Waals surface area contributed by atoms with E-state index in [2.05, 4.69) is 5.32 Å². The molecule has 1 aromatic carbocycles. The molecule has 5 nitrogen and oxygen atoms in total. The van der Waals surface area contributed by atoms with Gasteiger partial charge in [-0.1, -0.05) is 11.1 Å². The molecule has 1 aliphatic rings. The van der Waals surface area contributed by atoms with Gasteiger partial charge in [0.05, 0.1) is 13.0 Å². The first-order valence-corrected chi connectivity index (χ1v) is 7.23. The highest BCUT2D eigenvalue weighted by atomic mass is 16.5. The highest BCUT2D eigenvalue weighted by molar-refractivity contribution is 5.95. The third-order valence-corrected chi connectivity index (χ3v) is 4.26. The fraction of sp³-hybridized carbons (Fsp3) is 0.412. The quantitative estimate of drug-likeness (QED) is 0.859. The van der Waals surface area contributed by atoms with Gasteiger partial charge < -0.3 is 20.0 Å². The van der Waals surface area contributed by atoms with Gasteiger partial charge >= 0.3 is 0 Å². The van der Waals surface area contributed by atoms with E-state index in [0.29, 0.717) is 24.3 Å². The Morgan fingerprint density at radius 1 is 1.09 bits per heavy atom. The Hall–Kier alpha value is -2.30. The number of ether oxygens (including phenoxy) is 1. The zero-order chi connectivity index (χ0) is 16.3.